The Labute approximate surface area is 144 Å². The van der Waals surface area contributed by atoms with Gasteiger partial charge in [-0.1, -0.05) is 12.1 Å². The molecule has 0 spiro atoms. The zero-order valence-corrected chi connectivity index (χ0v) is 13.8. The van der Waals surface area contributed by atoms with Crippen LogP contribution in [0.15, 0.2) is 47.2 Å². The van der Waals surface area contributed by atoms with E-state index in [9.17, 15) is 14.9 Å². The van der Waals surface area contributed by atoms with Crippen molar-refractivity contribution >= 4 is 39.4 Å². The van der Waals surface area contributed by atoms with E-state index in [-0.39, 0.29) is 24.0 Å². The molecule has 0 radical (unpaired) electrons. The van der Waals surface area contributed by atoms with Gasteiger partial charge in [0.1, 0.15) is 5.75 Å². The summed E-state index contributed by atoms with van der Waals surface area (Å²) >= 11 is 2.89. The Kier molecular flexibility index (Phi) is 4.82. The van der Waals surface area contributed by atoms with Gasteiger partial charge in [-0.05, 0) is 17.5 Å². The summed E-state index contributed by atoms with van der Waals surface area (Å²) in [5.41, 5.74) is 0.721. The number of amides is 1. The number of carbonyl (C=O) groups excluding carboxylic acids is 1. The van der Waals surface area contributed by atoms with E-state index in [1.807, 2.05) is 22.9 Å². The van der Waals surface area contributed by atoms with Crippen molar-refractivity contribution in [2.75, 3.05) is 11.9 Å². The first-order chi connectivity index (χ1) is 11.6. The van der Waals surface area contributed by atoms with Crippen molar-refractivity contribution in [3.63, 3.8) is 0 Å². The van der Waals surface area contributed by atoms with Crippen LogP contribution in [-0.2, 0) is 4.79 Å². The summed E-state index contributed by atoms with van der Waals surface area (Å²) in [6, 6.07) is 9.57. The van der Waals surface area contributed by atoms with E-state index in [1.165, 1.54) is 29.5 Å². The smallest absolute Gasteiger partial charge is 0.273 e. The average molecular weight is 361 g/mol. The van der Waals surface area contributed by atoms with E-state index < -0.39 is 4.92 Å². The summed E-state index contributed by atoms with van der Waals surface area (Å²) in [7, 11) is 0. The number of hydrogen-bond donors (Lipinski definition) is 1. The molecular weight excluding hydrogens is 350 g/mol. The number of hydrogen-bond acceptors (Lipinski definition) is 7. The largest absolute Gasteiger partial charge is 0.484 e. The highest BCUT2D eigenvalue weighted by Gasteiger charge is 2.11. The number of benzene rings is 1. The number of aromatic nitrogens is 1. The highest BCUT2D eigenvalue weighted by atomic mass is 32.1. The van der Waals surface area contributed by atoms with Gasteiger partial charge in [0, 0.05) is 11.4 Å². The van der Waals surface area contributed by atoms with Crippen LogP contribution in [0.4, 0.5) is 10.8 Å². The van der Waals surface area contributed by atoms with E-state index in [0.717, 1.165) is 10.6 Å². The molecule has 24 heavy (non-hydrogen) atoms. The van der Waals surface area contributed by atoms with Crippen LogP contribution < -0.4 is 10.1 Å². The molecule has 0 unspecified atom stereocenters. The first-order valence-electron chi connectivity index (χ1n) is 6.78. The third-order valence-corrected chi connectivity index (χ3v) is 4.57. The second kappa shape index (κ2) is 7.20. The fourth-order valence-corrected chi connectivity index (χ4v) is 3.35. The van der Waals surface area contributed by atoms with Crippen molar-refractivity contribution in [2.24, 2.45) is 0 Å². The highest BCUT2D eigenvalue weighted by Crippen LogP contribution is 2.28. The number of nitrogens with zero attached hydrogens (tertiary/aromatic N) is 2. The second-order valence-corrected chi connectivity index (χ2v) is 6.41. The fraction of sp³-hybridized carbons (Fsp3) is 0.0667. The molecule has 0 aliphatic carbocycles. The van der Waals surface area contributed by atoms with Gasteiger partial charge in [-0.2, -0.15) is 0 Å². The molecule has 1 amide bonds. The van der Waals surface area contributed by atoms with Gasteiger partial charge in [0.05, 0.1) is 21.6 Å². The van der Waals surface area contributed by atoms with Gasteiger partial charge >= 0.3 is 0 Å². The topological polar surface area (TPSA) is 94.4 Å². The van der Waals surface area contributed by atoms with E-state index in [2.05, 4.69) is 10.3 Å². The van der Waals surface area contributed by atoms with Crippen LogP contribution in [0, 0.1) is 10.1 Å². The van der Waals surface area contributed by atoms with Crippen LogP contribution in [0.3, 0.4) is 0 Å². The Morgan fingerprint density at radius 2 is 2.17 bits per heavy atom. The standard InChI is InChI=1S/C15H11N3O4S2/c19-14(8-22-11-4-1-3-10(7-11)18(20)21)17-15-16-12(9-24-15)13-5-2-6-23-13/h1-7,9H,8H2,(H,16,17,19). The number of thiazole rings is 1. The molecule has 3 aromatic rings. The van der Waals surface area contributed by atoms with Crippen LogP contribution in [0.25, 0.3) is 10.6 Å². The number of nitro benzene ring substituents is 1. The number of rotatable bonds is 6. The number of ether oxygens (including phenoxy) is 1. The molecule has 3 rings (SSSR count). The monoisotopic (exact) mass is 361 g/mol. The predicted octanol–water partition coefficient (Wildman–Crippen LogP) is 3.80. The molecule has 1 aromatic carbocycles. The van der Waals surface area contributed by atoms with Crippen molar-refractivity contribution in [2.45, 2.75) is 0 Å². The maximum atomic E-state index is 11.9. The van der Waals surface area contributed by atoms with Crippen LogP contribution in [-0.4, -0.2) is 22.4 Å². The number of non-ortho nitro benzene ring substituents is 1. The molecule has 0 aliphatic heterocycles. The Morgan fingerprint density at radius 3 is 2.92 bits per heavy atom. The first kappa shape index (κ1) is 16.1. The maximum Gasteiger partial charge on any atom is 0.273 e. The Bertz CT molecular complexity index is 861. The minimum Gasteiger partial charge on any atom is -0.484 e. The number of thiophene rings is 1. The molecule has 9 heteroatoms. The van der Waals surface area contributed by atoms with Gasteiger partial charge in [-0.25, -0.2) is 4.98 Å². The number of carbonyl (C=O) groups is 1. The van der Waals surface area contributed by atoms with E-state index in [0.29, 0.717) is 5.13 Å². The lowest BCUT2D eigenvalue weighted by Crippen LogP contribution is -2.20. The van der Waals surface area contributed by atoms with Gasteiger partial charge in [0.15, 0.2) is 11.7 Å². The zero-order valence-electron chi connectivity index (χ0n) is 12.2. The normalized spacial score (nSPS) is 10.3. The van der Waals surface area contributed by atoms with Crippen molar-refractivity contribution in [1.29, 1.82) is 0 Å². The van der Waals surface area contributed by atoms with Crippen molar-refractivity contribution in [3.8, 4) is 16.3 Å². The van der Waals surface area contributed by atoms with Gasteiger partial charge in [-0.15, -0.1) is 22.7 Å². The van der Waals surface area contributed by atoms with Crippen LogP contribution >= 0.6 is 22.7 Å². The lowest BCUT2D eigenvalue weighted by atomic mass is 10.3. The second-order valence-electron chi connectivity index (χ2n) is 4.61. The SMILES string of the molecule is O=C(COc1cccc([N+](=O)[O-])c1)Nc1nc(-c2cccs2)cs1. The van der Waals surface area contributed by atoms with Gasteiger partial charge < -0.3 is 4.74 Å². The number of nitrogens with one attached hydrogen (secondary N) is 1. The summed E-state index contributed by atoms with van der Waals surface area (Å²) < 4.78 is 5.27. The molecule has 0 bridgehead atoms. The summed E-state index contributed by atoms with van der Waals surface area (Å²) in [5.74, 6) is -0.119. The Balaban J connectivity index is 1.56. The van der Waals surface area contributed by atoms with Crippen LogP contribution in [0.5, 0.6) is 5.75 Å². The molecule has 7 nitrogen and oxygen atoms in total. The summed E-state index contributed by atoms with van der Waals surface area (Å²) in [6.07, 6.45) is 0. The molecule has 0 fully saturated rings. The fourth-order valence-electron chi connectivity index (χ4n) is 1.86. The molecule has 0 aliphatic rings. The molecule has 0 atom stereocenters. The predicted molar refractivity (Wildman–Crippen MR) is 92.6 cm³/mol. The molecule has 0 saturated heterocycles. The average Bonchev–Trinajstić information content (AvgIpc) is 3.24. The van der Waals surface area contributed by atoms with Gasteiger partial charge in [0.2, 0.25) is 0 Å². The lowest BCUT2D eigenvalue weighted by Gasteiger charge is -2.05. The minimum atomic E-state index is -0.519. The lowest BCUT2D eigenvalue weighted by molar-refractivity contribution is -0.384. The molecule has 122 valence electrons. The van der Waals surface area contributed by atoms with Gasteiger partial charge in [-0.3, -0.25) is 20.2 Å². The van der Waals surface area contributed by atoms with E-state index in [1.54, 1.807) is 17.4 Å². The van der Waals surface area contributed by atoms with E-state index in [4.69, 9.17) is 4.74 Å². The van der Waals surface area contributed by atoms with E-state index >= 15 is 0 Å². The summed E-state index contributed by atoms with van der Waals surface area (Å²) in [4.78, 5) is 27.4. The quantitative estimate of drug-likeness (QED) is 0.532. The molecule has 2 aromatic heterocycles. The van der Waals surface area contributed by atoms with Gasteiger partial charge in [0.25, 0.3) is 11.6 Å². The van der Waals surface area contributed by atoms with Crippen LogP contribution in [0.2, 0.25) is 0 Å². The Morgan fingerprint density at radius 1 is 1.29 bits per heavy atom. The minimum absolute atomic E-state index is 0.0894. The Hall–Kier alpha value is -2.78. The first-order valence-corrected chi connectivity index (χ1v) is 8.54. The van der Waals surface area contributed by atoms with Crippen molar-refractivity contribution < 1.29 is 14.5 Å². The maximum absolute atomic E-state index is 11.9. The van der Waals surface area contributed by atoms with Crippen LogP contribution in [0.1, 0.15) is 0 Å². The third-order valence-electron chi connectivity index (χ3n) is 2.92. The van der Waals surface area contributed by atoms with Crippen molar-refractivity contribution in [3.05, 3.63) is 57.3 Å². The molecule has 0 saturated carbocycles. The number of nitro groups is 1. The molecule has 1 N–H and O–H groups in total. The van der Waals surface area contributed by atoms with Crippen molar-refractivity contribution in [1.82, 2.24) is 4.98 Å². The highest BCUT2D eigenvalue weighted by molar-refractivity contribution is 7.16. The summed E-state index contributed by atoms with van der Waals surface area (Å²) in [6.45, 7) is -0.255. The zero-order chi connectivity index (χ0) is 16.9. The molecular formula is C15H11N3O4S2. The number of anilines is 1. The molecule has 2 heterocycles. The third kappa shape index (κ3) is 3.94. The summed E-state index contributed by atoms with van der Waals surface area (Å²) in [5, 5.41) is 17.6.